The second-order valence-electron chi connectivity index (χ2n) is 3.98. The Morgan fingerprint density at radius 2 is 1.88 bits per heavy atom. The van der Waals surface area contributed by atoms with Crippen LogP contribution in [0.2, 0.25) is 0 Å². The second kappa shape index (κ2) is 4.87. The van der Waals surface area contributed by atoms with Crippen molar-refractivity contribution in [2.45, 2.75) is 26.1 Å². The summed E-state index contributed by atoms with van der Waals surface area (Å²) >= 11 is 0. The van der Waals surface area contributed by atoms with Gasteiger partial charge in [0.1, 0.15) is 5.82 Å². The summed E-state index contributed by atoms with van der Waals surface area (Å²) in [5.74, 6) is -1.30. The molecule has 1 unspecified atom stereocenters. The highest BCUT2D eigenvalue weighted by Crippen LogP contribution is 2.33. The quantitative estimate of drug-likeness (QED) is 0.624. The fraction of sp³-hybridized carbons (Fsp3) is 0.333. The summed E-state index contributed by atoms with van der Waals surface area (Å²) in [6.07, 6.45) is -3.19. The summed E-state index contributed by atoms with van der Waals surface area (Å²) in [6.45, 7) is 3.48. The number of hydrogen-bond donors (Lipinski definition) is 1. The van der Waals surface area contributed by atoms with Crippen LogP contribution in [-0.4, -0.2) is 0 Å². The Bertz CT molecular complexity index is 431. The van der Waals surface area contributed by atoms with Crippen molar-refractivity contribution in [3.63, 3.8) is 0 Å². The summed E-state index contributed by atoms with van der Waals surface area (Å²) < 4.78 is 51.0. The zero-order valence-electron chi connectivity index (χ0n) is 9.48. The van der Waals surface area contributed by atoms with Crippen LogP contribution < -0.4 is 5.73 Å². The highest BCUT2D eigenvalue weighted by molar-refractivity contribution is 5.32. The molecule has 0 bridgehead atoms. The van der Waals surface area contributed by atoms with E-state index in [0.717, 1.165) is 11.6 Å². The molecule has 1 rings (SSSR count). The number of halogens is 4. The summed E-state index contributed by atoms with van der Waals surface area (Å²) in [4.78, 5) is 0. The standard InChI is InChI=1S/C12H13F4N/c1-7(2)6-10(17)8-4-3-5-9(11(8)13)12(14,15)16/h3-6,10H,17H2,1-2H3. The molecule has 1 atom stereocenters. The van der Waals surface area contributed by atoms with E-state index in [1.807, 2.05) is 0 Å². The first-order chi connectivity index (χ1) is 7.73. The van der Waals surface area contributed by atoms with E-state index in [0.29, 0.717) is 6.07 Å². The summed E-state index contributed by atoms with van der Waals surface area (Å²) in [5, 5.41) is 0. The molecule has 1 aromatic rings. The predicted octanol–water partition coefficient (Wildman–Crippen LogP) is 3.81. The molecule has 17 heavy (non-hydrogen) atoms. The molecule has 94 valence electrons. The van der Waals surface area contributed by atoms with E-state index in [1.165, 1.54) is 12.1 Å². The number of hydrogen-bond acceptors (Lipinski definition) is 1. The Kier molecular flexibility index (Phi) is 3.93. The average Bonchev–Trinajstić information content (AvgIpc) is 2.14. The summed E-state index contributed by atoms with van der Waals surface area (Å²) in [6, 6.07) is 2.24. The van der Waals surface area contributed by atoms with Crippen molar-refractivity contribution >= 4 is 0 Å². The SMILES string of the molecule is CC(C)=CC(N)c1cccc(C(F)(F)F)c1F. The van der Waals surface area contributed by atoms with Crippen molar-refractivity contribution in [1.82, 2.24) is 0 Å². The first-order valence-corrected chi connectivity index (χ1v) is 4.99. The molecular formula is C12H13F4N. The third-order valence-corrected chi connectivity index (χ3v) is 2.21. The lowest BCUT2D eigenvalue weighted by atomic mass is 10.0. The maximum atomic E-state index is 13.6. The molecule has 0 saturated heterocycles. The number of allylic oxidation sites excluding steroid dienone is 1. The molecule has 0 aliphatic heterocycles. The third kappa shape index (κ3) is 3.30. The zero-order valence-corrected chi connectivity index (χ0v) is 9.48. The normalized spacial score (nSPS) is 13.4. The van der Waals surface area contributed by atoms with E-state index in [2.05, 4.69) is 0 Å². The van der Waals surface area contributed by atoms with Crippen LogP contribution in [0.5, 0.6) is 0 Å². The first-order valence-electron chi connectivity index (χ1n) is 4.99. The van der Waals surface area contributed by atoms with Gasteiger partial charge in [-0.1, -0.05) is 23.8 Å². The molecule has 1 aromatic carbocycles. The van der Waals surface area contributed by atoms with Gasteiger partial charge in [-0.3, -0.25) is 0 Å². The maximum Gasteiger partial charge on any atom is 0.419 e. The number of rotatable bonds is 2. The van der Waals surface area contributed by atoms with E-state index in [9.17, 15) is 17.6 Å². The number of benzene rings is 1. The number of alkyl halides is 3. The van der Waals surface area contributed by atoms with Crippen LogP contribution in [0.3, 0.4) is 0 Å². The summed E-state index contributed by atoms with van der Waals surface area (Å²) in [7, 11) is 0. The van der Waals surface area contributed by atoms with Gasteiger partial charge in [-0.25, -0.2) is 4.39 Å². The van der Waals surface area contributed by atoms with Crippen molar-refractivity contribution in [2.24, 2.45) is 5.73 Å². The van der Waals surface area contributed by atoms with Gasteiger partial charge in [0.25, 0.3) is 0 Å². The maximum absolute atomic E-state index is 13.6. The van der Waals surface area contributed by atoms with Crippen molar-refractivity contribution in [2.75, 3.05) is 0 Å². The lowest BCUT2D eigenvalue weighted by molar-refractivity contribution is -0.140. The fourth-order valence-electron chi connectivity index (χ4n) is 1.48. The van der Waals surface area contributed by atoms with Gasteiger partial charge in [0.2, 0.25) is 0 Å². The van der Waals surface area contributed by atoms with Crippen LogP contribution in [0.15, 0.2) is 29.8 Å². The van der Waals surface area contributed by atoms with Crippen LogP contribution in [0.25, 0.3) is 0 Å². The minimum atomic E-state index is -4.70. The van der Waals surface area contributed by atoms with Gasteiger partial charge in [-0.05, 0) is 19.9 Å². The fourth-order valence-corrected chi connectivity index (χ4v) is 1.48. The highest BCUT2D eigenvalue weighted by Gasteiger charge is 2.35. The minimum absolute atomic E-state index is 0.152. The van der Waals surface area contributed by atoms with Gasteiger partial charge in [-0.2, -0.15) is 13.2 Å². The molecule has 0 aliphatic rings. The Hall–Kier alpha value is -1.36. The van der Waals surface area contributed by atoms with Gasteiger partial charge in [-0.15, -0.1) is 0 Å². The van der Waals surface area contributed by atoms with Crippen LogP contribution in [-0.2, 0) is 6.18 Å². The van der Waals surface area contributed by atoms with Crippen molar-refractivity contribution in [3.05, 3.63) is 46.8 Å². The Balaban J connectivity index is 3.24. The first kappa shape index (κ1) is 13.7. The van der Waals surface area contributed by atoms with Crippen molar-refractivity contribution in [1.29, 1.82) is 0 Å². The van der Waals surface area contributed by atoms with Crippen LogP contribution in [0.1, 0.15) is 31.0 Å². The molecule has 0 heterocycles. The van der Waals surface area contributed by atoms with Gasteiger partial charge in [0.05, 0.1) is 11.6 Å². The lowest BCUT2D eigenvalue weighted by Gasteiger charge is -2.14. The Morgan fingerprint density at radius 1 is 1.29 bits per heavy atom. The second-order valence-corrected chi connectivity index (χ2v) is 3.98. The largest absolute Gasteiger partial charge is 0.419 e. The Morgan fingerprint density at radius 3 is 2.35 bits per heavy atom. The molecular weight excluding hydrogens is 234 g/mol. The van der Waals surface area contributed by atoms with Gasteiger partial charge >= 0.3 is 6.18 Å². The minimum Gasteiger partial charge on any atom is -0.321 e. The smallest absolute Gasteiger partial charge is 0.321 e. The molecule has 5 heteroatoms. The van der Waals surface area contributed by atoms with E-state index in [1.54, 1.807) is 13.8 Å². The van der Waals surface area contributed by atoms with E-state index in [-0.39, 0.29) is 5.56 Å². The van der Waals surface area contributed by atoms with Crippen LogP contribution >= 0.6 is 0 Å². The summed E-state index contributed by atoms with van der Waals surface area (Å²) in [5.41, 5.74) is 5.00. The third-order valence-electron chi connectivity index (χ3n) is 2.21. The van der Waals surface area contributed by atoms with E-state index < -0.39 is 23.6 Å². The molecule has 0 fully saturated rings. The molecule has 0 radical (unpaired) electrons. The van der Waals surface area contributed by atoms with Gasteiger partial charge < -0.3 is 5.73 Å². The highest BCUT2D eigenvalue weighted by atomic mass is 19.4. The predicted molar refractivity (Wildman–Crippen MR) is 57.8 cm³/mol. The lowest BCUT2D eigenvalue weighted by Crippen LogP contribution is -2.15. The molecule has 2 N–H and O–H groups in total. The van der Waals surface area contributed by atoms with Crippen LogP contribution in [0, 0.1) is 5.82 Å². The Labute approximate surface area is 96.9 Å². The molecule has 1 nitrogen and oxygen atoms in total. The van der Waals surface area contributed by atoms with Crippen molar-refractivity contribution in [3.8, 4) is 0 Å². The molecule has 0 aromatic heterocycles. The van der Waals surface area contributed by atoms with Crippen molar-refractivity contribution < 1.29 is 17.6 Å². The monoisotopic (exact) mass is 247 g/mol. The number of nitrogens with two attached hydrogens (primary N) is 1. The van der Waals surface area contributed by atoms with Gasteiger partial charge in [0.15, 0.2) is 0 Å². The average molecular weight is 247 g/mol. The topological polar surface area (TPSA) is 26.0 Å². The van der Waals surface area contributed by atoms with E-state index in [4.69, 9.17) is 5.73 Å². The van der Waals surface area contributed by atoms with Gasteiger partial charge in [0, 0.05) is 5.56 Å². The van der Waals surface area contributed by atoms with Crippen LogP contribution in [0.4, 0.5) is 17.6 Å². The molecule has 0 aliphatic carbocycles. The molecule has 0 saturated carbocycles. The zero-order chi connectivity index (χ0) is 13.2. The molecule has 0 spiro atoms. The molecule has 0 amide bonds. The van der Waals surface area contributed by atoms with E-state index >= 15 is 0 Å².